The molecule has 0 saturated heterocycles. The molecule has 0 spiro atoms. The predicted molar refractivity (Wildman–Crippen MR) is 63.7 cm³/mol. The zero-order valence-electron chi connectivity index (χ0n) is 9.47. The zero-order valence-corrected chi connectivity index (χ0v) is 10.3. The summed E-state index contributed by atoms with van der Waals surface area (Å²) in [6.07, 6.45) is 5.35. The summed E-state index contributed by atoms with van der Waals surface area (Å²) < 4.78 is 1.88. The first kappa shape index (κ1) is 11.0. The summed E-state index contributed by atoms with van der Waals surface area (Å²) in [5, 5.41) is 5.09. The van der Waals surface area contributed by atoms with E-state index in [-0.39, 0.29) is 5.78 Å². The Bertz CT molecular complexity index is 513. The maximum Gasteiger partial charge on any atom is 0.171 e. The lowest BCUT2D eigenvalue weighted by Crippen LogP contribution is -1.99. The smallest absolute Gasteiger partial charge is 0.171 e. The Kier molecular flexibility index (Phi) is 2.87. The van der Waals surface area contributed by atoms with Crippen LogP contribution >= 0.6 is 11.3 Å². The molecule has 4 nitrogen and oxygen atoms in total. The second kappa shape index (κ2) is 4.17. The molecule has 0 aliphatic rings. The molecule has 0 bridgehead atoms. The van der Waals surface area contributed by atoms with Crippen molar-refractivity contribution in [3.63, 3.8) is 0 Å². The molecule has 0 atom stereocenters. The average Bonchev–Trinajstić information content (AvgIpc) is 2.86. The molecule has 5 heteroatoms. The summed E-state index contributed by atoms with van der Waals surface area (Å²) in [4.78, 5) is 16.1. The van der Waals surface area contributed by atoms with Crippen LogP contribution in [0.15, 0.2) is 18.6 Å². The minimum atomic E-state index is 0.0556. The summed E-state index contributed by atoms with van der Waals surface area (Å²) in [7, 11) is 0. The van der Waals surface area contributed by atoms with E-state index in [4.69, 9.17) is 0 Å². The summed E-state index contributed by atoms with van der Waals surface area (Å²) in [5.74, 6) is 0.0556. The molecule has 0 aliphatic carbocycles. The van der Waals surface area contributed by atoms with E-state index >= 15 is 0 Å². The molecule has 0 aliphatic heterocycles. The summed E-state index contributed by atoms with van der Waals surface area (Å²) in [5.41, 5.74) is 0.964. The van der Waals surface area contributed by atoms with Gasteiger partial charge in [-0.2, -0.15) is 5.10 Å². The Morgan fingerprint density at radius 1 is 1.44 bits per heavy atom. The third-order valence-corrected chi connectivity index (χ3v) is 3.38. The van der Waals surface area contributed by atoms with Crippen molar-refractivity contribution in [2.45, 2.75) is 26.8 Å². The molecule has 2 rings (SSSR count). The van der Waals surface area contributed by atoms with Gasteiger partial charge in [0.2, 0.25) is 0 Å². The molecule has 2 aromatic rings. The van der Waals surface area contributed by atoms with Gasteiger partial charge in [0.25, 0.3) is 0 Å². The van der Waals surface area contributed by atoms with Crippen LogP contribution in [0.5, 0.6) is 0 Å². The Balaban J connectivity index is 2.31. The molecular weight excluding hydrogens is 222 g/mol. The van der Waals surface area contributed by atoms with Gasteiger partial charge >= 0.3 is 0 Å². The monoisotopic (exact) mass is 235 g/mol. The van der Waals surface area contributed by atoms with Crippen molar-refractivity contribution in [1.29, 1.82) is 0 Å². The Morgan fingerprint density at radius 3 is 2.69 bits per heavy atom. The van der Waals surface area contributed by atoms with Crippen LogP contribution in [0.1, 0.15) is 36.5 Å². The number of carbonyl (C=O) groups excluding carboxylic acids is 1. The van der Waals surface area contributed by atoms with Gasteiger partial charge in [-0.1, -0.05) is 0 Å². The van der Waals surface area contributed by atoms with Crippen molar-refractivity contribution in [1.82, 2.24) is 14.8 Å². The second-order valence-electron chi connectivity index (χ2n) is 3.89. The molecule has 0 fully saturated rings. The van der Waals surface area contributed by atoms with Crippen LogP contribution in [0.3, 0.4) is 0 Å². The Hall–Kier alpha value is -1.49. The normalized spacial score (nSPS) is 11.0. The molecule has 0 radical (unpaired) electrons. The van der Waals surface area contributed by atoms with Gasteiger partial charge in [0.05, 0.1) is 11.1 Å². The van der Waals surface area contributed by atoms with Crippen molar-refractivity contribution < 1.29 is 4.79 Å². The van der Waals surface area contributed by atoms with E-state index in [9.17, 15) is 4.79 Å². The number of rotatable bonds is 3. The number of hydrogen-bond acceptors (Lipinski definition) is 4. The third-order valence-electron chi connectivity index (χ3n) is 2.23. The Morgan fingerprint density at radius 2 is 2.19 bits per heavy atom. The standard InChI is InChI=1S/C11H13N3OS/c1-7(2)14-6-9(4-13-14)11-12-5-10(16-11)8(3)15/h4-7H,1-3H3. The molecule has 0 amide bonds. The summed E-state index contributed by atoms with van der Waals surface area (Å²) in [6, 6.07) is 0.334. The van der Waals surface area contributed by atoms with Crippen molar-refractivity contribution in [3.05, 3.63) is 23.5 Å². The highest BCUT2D eigenvalue weighted by Gasteiger charge is 2.10. The molecular formula is C11H13N3OS. The number of carbonyl (C=O) groups is 1. The van der Waals surface area contributed by atoms with Crippen molar-refractivity contribution >= 4 is 17.1 Å². The fraction of sp³-hybridized carbons (Fsp3) is 0.364. The zero-order chi connectivity index (χ0) is 11.7. The van der Waals surface area contributed by atoms with E-state index < -0.39 is 0 Å². The minimum Gasteiger partial charge on any atom is -0.294 e. The van der Waals surface area contributed by atoms with E-state index in [0.717, 1.165) is 10.6 Å². The number of hydrogen-bond donors (Lipinski definition) is 0. The van der Waals surface area contributed by atoms with Crippen LogP contribution in [-0.4, -0.2) is 20.5 Å². The van der Waals surface area contributed by atoms with Crippen LogP contribution in [0.4, 0.5) is 0 Å². The number of nitrogens with zero attached hydrogens (tertiary/aromatic N) is 3. The highest BCUT2D eigenvalue weighted by atomic mass is 32.1. The predicted octanol–water partition coefficient (Wildman–Crippen LogP) is 2.79. The first-order valence-electron chi connectivity index (χ1n) is 5.09. The maximum absolute atomic E-state index is 11.2. The van der Waals surface area contributed by atoms with E-state index in [0.29, 0.717) is 10.9 Å². The van der Waals surface area contributed by atoms with E-state index in [1.54, 1.807) is 19.3 Å². The molecule has 2 heterocycles. The number of Topliss-reactive ketones (excluding diaryl/α,β-unsaturated/α-hetero) is 1. The first-order chi connectivity index (χ1) is 7.58. The topological polar surface area (TPSA) is 47.8 Å². The van der Waals surface area contributed by atoms with Gasteiger partial charge in [-0.15, -0.1) is 11.3 Å². The van der Waals surface area contributed by atoms with Crippen LogP contribution in [0, 0.1) is 0 Å². The van der Waals surface area contributed by atoms with Gasteiger partial charge in [-0.25, -0.2) is 4.98 Å². The average molecular weight is 235 g/mol. The number of aromatic nitrogens is 3. The molecule has 0 saturated carbocycles. The fourth-order valence-electron chi connectivity index (χ4n) is 1.30. The number of ketones is 1. The molecule has 0 N–H and O–H groups in total. The number of thiazole rings is 1. The molecule has 16 heavy (non-hydrogen) atoms. The van der Waals surface area contributed by atoms with Gasteiger partial charge in [0, 0.05) is 30.9 Å². The SMILES string of the molecule is CC(=O)c1cnc(-c2cnn(C(C)C)c2)s1. The summed E-state index contributed by atoms with van der Waals surface area (Å²) >= 11 is 1.41. The highest BCUT2D eigenvalue weighted by Crippen LogP contribution is 2.25. The van der Waals surface area contributed by atoms with E-state index in [2.05, 4.69) is 23.9 Å². The van der Waals surface area contributed by atoms with Gasteiger partial charge in [-0.3, -0.25) is 9.48 Å². The first-order valence-corrected chi connectivity index (χ1v) is 5.91. The maximum atomic E-state index is 11.2. The van der Waals surface area contributed by atoms with Crippen LogP contribution < -0.4 is 0 Å². The molecule has 0 aromatic carbocycles. The largest absolute Gasteiger partial charge is 0.294 e. The lowest BCUT2D eigenvalue weighted by atomic mass is 10.3. The van der Waals surface area contributed by atoms with Gasteiger partial charge in [-0.05, 0) is 13.8 Å². The molecule has 0 unspecified atom stereocenters. The fourth-order valence-corrected chi connectivity index (χ4v) is 2.09. The lowest BCUT2D eigenvalue weighted by Gasteiger charge is -2.02. The van der Waals surface area contributed by atoms with Crippen LogP contribution in [0.25, 0.3) is 10.6 Å². The van der Waals surface area contributed by atoms with Crippen molar-refractivity contribution in [2.75, 3.05) is 0 Å². The summed E-state index contributed by atoms with van der Waals surface area (Å²) in [6.45, 7) is 5.69. The molecule has 84 valence electrons. The quantitative estimate of drug-likeness (QED) is 0.768. The van der Waals surface area contributed by atoms with Crippen molar-refractivity contribution in [3.8, 4) is 10.6 Å². The third kappa shape index (κ3) is 2.04. The van der Waals surface area contributed by atoms with Crippen molar-refractivity contribution in [2.24, 2.45) is 0 Å². The van der Waals surface area contributed by atoms with E-state index in [1.165, 1.54) is 11.3 Å². The Labute approximate surface area is 97.9 Å². The van der Waals surface area contributed by atoms with Gasteiger partial charge in [0.1, 0.15) is 5.01 Å². The van der Waals surface area contributed by atoms with Crippen LogP contribution in [-0.2, 0) is 0 Å². The second-order valence-corrected chi connectivity index (χ2v) is 4.92. The lowest BCUT2D eigenvalue weighted by molar-refractivity contribution is 0.102. The highest BCUT2D eigenvalue weighted by molar-refractivity contribution is 7.16. The van der Waals surface area contributed by atoms with E-state index in [1.807, 2.05) is 10.9 Å². The van der Waals surface area contributed by atoms with Gasteiger partial charge in [0.15, 0.2) is 5.78 Å². The van der Waals surface area contributed by atoms with Gasteiger partial charge < -0.3 is 0 Å². The minimum absolute atomic E-state index is 0.0556. The molecule has 2 aromatic heterocycles. The van der Waals surface area contributed by atoms with Crippen LogP contribution in [0.2, 0.25) is 0 Å².